The van der Waals surface area contributed by atoms with Gasteiger partial charge in [-0.1, -0.05) is 13.8 Å². The van der Waals surface area contributed by atoms with Crippen LogP contribution in [0.3, 0.4) is 0 Å². The predicted molar refractivity (Wildman–Crippen MR) is 95.7 cm³/mol. The quantitative estimate of drug-likeness (QED) is 0.816. The van der Waals surface area contributed by atoms with E-state index in [-0.39, 0.29) is 30.4 Å². The fourth-order valence-electron chi connectivity index (χ4n) is 3.20. The van der Waals surface area contributed by atoms with Crippen molar-refractivity contribution in [1.82, 2.24) is 24.8 Å². The Kier molecular flexibility index (Phi) is 5.51. The Morgan fingerprint density at radius 1 is 1.42 bits per heavy atom. The molecular formula is C18H25N5O3. The minimum Gasteiger partial charge on any atom is -0.396 e. The highest BCUT2D eigenvalue weighted by Crippen LogP contribution is 2.14. The first-order valence-electron chi connectivity index (χ1n) is 9.02. The molecule has 2 amide bonds. The molecule has 8 heteroatoms. The number of amides is 2. The normalized spacial score (nSPS) is 17.7. The first-order chi connectivity index (χ1) is 12.5. The van der Waals surface area contributed by atoms with Crippen molar-refractivity contribution in [3.63, 3.8) is 0 Å². The molecule has 140 valence electrons. The van der Waals surface area contributed by atoms with Gasteiger partial charge in [-0.3, -0.25) is 9.59 Å². The number of hydrogen-bond donors (Lipinski definition) is 2. The molecule has 0 saturated carbocycles. The smallest absolute Gasteiger partial charge is 0.272 e. The maximum atomic E-state index is 12.5. The summed E-state index contributed by atoms with van der Waals surface area (Å²) in [5.74, 6) is -0.178. The maximum Gasteiger partial charge on any atom is 0.272 e. The summed E-state index contributed by atoms with van der Waals surface area (Å²) in [6, 6.07) is 1.57. The number of aromatic nitrogens is 3. The molecule has 8 nitrogen and oxygen atoms in total. The summed E-state index contributed by atoms with van der Waals surface area (Å²) in [5.41, 5.74) is 1.73. The van der Waals surface area contributed by atoms with Crippen LogP contribution in [0.1, 0.15) is 42.7 Å². The third-order valence-corrected chi connectivity index (χ3v) is 4.56. The van der Waals surface area contributed by atoms with Crippen LogP contribution in [-0.2, 0) is 11.2 Å². The molecule has 1 fully saturated rings. The Morgan fingerprint density at radius 3 is 2.96 bits per heavy atom. The second-order valence-corrected chi connectivity index (χ2v) is 7.02. The zero-order valence-corrected chi connectivity index (χ0v) is 15.2. The number of nitrogens with one attached hydrogen (secondary N) is 1. The molecule has 1 atom stereocenters. The van der Waals surface area contributed by atoms with Crippen LogP contribution in [0.5, 0.6) is 0 Å². The van der Waals surface area contributed by atoms with E-state index in [0.717, 1.165) is 24.9 Å². The molecule has 1 aliphatic heterocycles. The largest absolute Gasteiger partial charge is 0.396 e. The summed E-state index contributed by atoms with van der Waals surface area (Å²) in [7, 11) is 0. The molecule has 0 bridgehead atoms. The fourth-order valence-corrected chi connectivity index (χ4v) is 3.20. The third-order valence-electron chi connectivity index (χ3n) is 4.56. The van der Waals surface area contributed by atoms with Gasteiger partial charge >= 0.3 is 0 Å². The van der Waals surface area contributed by atoms with E-state index >= 15 is 0 Å². The van der Waals surface area contributed by atoms with Crippen LogP contribution in [0.2, 0.25) is 0 Å². The van der Waals surface area contributed by atoms with Crippen molar-refractivity contribution in [2.24, 2.45) is 5.92 Å². The number of aliphatic hydroxyl groups excluding tert-OH is 1. The molecule has 1 saturated heterocycles. The van der Waals surface area contributed by atoms with E-state index < -0.39 is 0 Å². The zero-order valence-electron chi connectivity index (χ0n) is 15.2. The van der Waals surface area contributed by atoms with Gasteiger partial charge in [-0.05, 0) is 24.8 Å². The van der Waals surface area contributed by atoms with Gasteiger partial charge in [0.1, 0.15) is 0 Å². The van der Waals surface area contributed by atoms with Crippen molar-refractivity contribution >= 4 is 17.5 Å². The van der Waals surface area contributed by atoms with Crippen molar-refractivity contribution in [3.05, 3.63) is 29.7 Å². The summed E-state index contributed by atoms with van der Waals surface area (Å²) in [6.45, 7) is 5.10. The van der Waals surface area contributed by atoms with Gasteiger partial charge in [0, 0.05) is 50.1 Å². The molecule has 3 rings (SSSR count). The first kappa shape index (κ1) is 18.3. The zero-order chi connectivity index (χ0) is 18.7. The average molecular weight is 359 g/mol. The lowest BCUT2D eigenvalue weighted by molar-refractivity contribution is -0.135. The molecule has 0 spiro atoms. The monoisotopic (exact) mass is 359 g/mol. The first-order valence-corrected chi connectivity index (χ1v) is 9.02. The van der Waals surface area contributed by atoms with Gasteiger partial charge in [-0.15, -0.1) is 0 Å². The van der Waals surface area contributed by atoms with E-state index in [1.165, 1.54) is 0 Å². The highest BCUT2D eigenvalue weighted by Gasteiger charge is 2.26. The van der Waals surface area contributed by atoms with Crippen molar-refractivity contribution in [1.29, 1.82) is 0 Å². The highest BCUT2D eigenvalue weighted by molar-refractivity contribution is 5.93. The summed E-state index contributed by atoms with van der Waals surface area (Å²) >= 11 is 0. The molecule has 0 radical (unpaired) electrons. The van der Waals surface area contributed by atoms with Crippen LogP contribution in [0.15, 0.2) is 18.5 Å². The highest BCUT2D eigenvalue weighted by atomic mass is 16.3. The number of likely N-dealkylation sites (tertiary alicyclic amines) is 1. The Bertz CT molecular complexity index is 801. The van der Waals surface area contributed by atoms with Crippen molar-refractivity contribution in [2.45, 2.75) is 39.2 Å². The van der Waals surface area contributed by atoms with Crippen LogP contribution in [0.4, 0.5) is 0 Å². The Balaban J connectivity index is 1.67. The van der Waals surface area contributed by atoms with Gasteiger partial charge in [-0.2, -0.15) is 5.10 Å². The fraction of sp³-hybridized carbons (Fsp3) is 0.556. The minimum absolute atomic E-state index is 0.0368. The molecule has 0 aromatic carbocycles. The standard InChI is InChI=1S/C18H25N5O3/c1-12(2)18(26)22-6-3-4-14(11-22)20-17(25)15-8-16-19-9-13(5-7-24)10-23(16)21-15/h8-10,12,14,24H,3-7,11H2,1-2H3,(H,20,25)/t14-/m0/s1. The maximum absolute atomic E-state index is 12.5. The summed E-state index contributed by atoms with van der Waals surface area (Å²) in [4.78, 5) is 30.8. The lowest BCUT2D eigenvalue weighted by Crippen LogP contribution is -2.50. The van der Waals surface area contributed by atoms with E-state index in [1.807, 2.05) is 18.7 Å². The average Bonchev–Trinajstić information content (AvgIpc) is 3.05. The van der Waals surface area contributed by atoms with Gasteiger partial charge < -0.3 is 15.3 Å². The van der Waals surface area contributed by atoms with E-state index in [9.17, 15) is 9.59 Å². The van der Waals surface area contributed by atoms with Crippen molar-refractivity contribution in [3.8, 4) is 0 Å². The Labute approximate surface area is 152 Å². The molecule has 2 aromatic heterocycles. The van der Waals surface area contributed by atoms with Gasteiger partial charge in [0.15, 0.2) is 11.3 Å². The lowest BCUT2D eigenvalue weighted by Gasteiger charge is -2.34. The number of carbonyl (C=O) groups is 2. The second-order valence-electron chi connectivity index (χ2n) is 7.02. The van der Waals surface area contributed by atoms with Crippen LogP contribution < -0.4 is 5.32 Å². The Hall–Kier alpha value is -2.48. The number of nitrogens with zero attached hydrogens (tertiary/aromatic N) is 4. The van der Waals surface area contributed by atoms with Crippen molar-refractivity contribution < 1.29 is 14.7 Å². The summed E-state index contributed by atoms with van der Waals surface area (Å²) in [6.07, 6.45) is 5.65. The van der Waals surface area contributed by atoms with Crippen molar-refractivity contribution in [2.75, 3.05) is 19.7 Å². The number of carbonyl (C=O) groups excluding carboxylic acids is 2. The SMILES string of the molecule is CC(C)C(=O)N1CCC[C@H](NC(=O)c2cc3ncc(CCO)cn3n2)C1. The van der Waals surface area contributed by atoms with Gasteiger partial charge in [0.2, 0.25) is 5.91 Å². The van der Waals surface area contributed by atoms with E-state index in [1.54, 1.807) is 23.0 Å². The van der Waals surface area contributed by atoms with E-state index in [2.05, 4.69) is 15.4 Å². The Morgan fingerprint density at radius 2 is 2.23 bits per heavy atom. The number of fused-ring (bicyclic) bond motifs is 1. The molecule has 1 aliphatic rings. The lowest BCUT2D eigenvalue weighted by atomic mass is 10.0. The molecule has 0 unspecified atom stereocenters. The topological polar surface area (TPSA) is 99.8 Å². The predicted octanol–water partition coefficient (Wildman–Crippen LogP) is 0.641. The van der Waals surface area contributed by atoms with Gasteiger partial charge in [-0.25, -0.2) is 9.50 Å². The van der Waals surface area contributed by atoms with Crippen LogP contribution in [0.25, 0.3) is 5.65 Å². The van der Waals surface area contributed by atoms with Crippen LogP contribution in [0, 0.1) is 5.92 Å². The molecule has 2 aromatic rings. The molecule has 2 N–H and O–H groups in total. The van der Waals surface area contributed by atoms with Gasteiger partial charge in [0.25, 0.3) is 5.91 Å². The number of piperidine rings is 1. The summed E-state index contributed by atoms with van der Waals surface area (Å²) in [5, 5.41) is 16.3. The van der Waals surface area contributed by atoms with Gasteiger partial charge in [0.05, 0.1) is 0 Å². The van der Waals surface area contributed by atoms with E-state index in [4.69, 9.17) is 5.11 Å². The van der Waals surface area contributed by atoms with Crippen LogP contribution >= 0.6 is 0 Å². The molecular weight excluding hydrogens is 334 g/mol. The number of hydrogen-bond acceptors (Lipinski definition) is 5. The molecule has 0 aliphatic carbocycles. The molecule has 26 heavy (non-hydrogen) atoms. The second kappa shape index (κ2) is 7.82. The minimum atomic E-state index is -0.261. The molecule has 3 heterocycles. The third kappa shape index (κ3) is 4.01. The summed E-state index contributed by atoms with van der Waals surface area (Å²) < 4.78 is 1.55. The van der Waals surface area contributed by atoms with Crippen LogP contribution in [-0.4, -0.2) is 62.2 Å². The number of aliphatic hydroxyl groups is 1. The number of rotatable bonds is 5. The van der Waals surface area contributed by atoms with E-state index in [0.29, 0.717) is 24.3 Å².